The standard InChI is InChI=1S/C10H19NO3/c1-10(14,7-12)6-11-9(13)5-8-3-2-4-8/h8,12,14H,2-7H2,1H3,(H,11,13). The van der Waals surface area contributed by atoms with Crippen molar-refractivity contribution in [2.75, 3.05) is 13.2 Å². The van der Waals surface area contributed by atoms with Crippen LogP contribution < -0.4 is 5.32 Å². The van der Waals surface area contributed by atoms with Crippen LogP contribution in [0, 0.1) is 5.92 Å². The van der Waals surface area contributed by atoms with Crippen LogP contribution in [-0.2, 0) is 4.79 Å². The second kappa shape index (κ2) is 4.75. The fourth-order valence-electron chi connectivity index (χ4n) is 1.38. The van der Waals surface area contributed by atoms with Gasteiger partial charge in [-0.3, -0.25) is 4.79 Å². The largest absolute Gasteiger partial charge is 0.393 e. The van der Waals surface area contributed by atoms with Gasteiger partial charge in [0.25, 0.3) is 0 Å². The molecule has 3 N–H and O–H groups in total. The first-order valence-electron chi connectivity index (χ1n) is 5.13. The molecule has 0 saturated heterocycles. The summed E-state index contributed by atoms with van der Waals surface area (Å²) in [5.74, 6) is 0.512. The van der Waals surface area contributed by atoms with Crippen molar-refractivity contribution in [3.8, 4) is 0 Å². The monoisotopic (exact) mass is 201 g/mol. The molecule has 1 rings (SSSR count). The summed E-state index contributed by atoms with van der Waals surface area (Å²) in [6.45, 7) is 1.28. The predicted octanol–water partition coefficient (Wildman–Crippen LogP) is 0.0361. The van der Waals surface area contributed by atoms with Crippen molar-refractivity contribution in [1.82, 2.24) is 5.32 Å². The van der Waals surface area contributed by atoms with Gasteiger partial charge in [-0.15, -0.1) is 0 Å². The number of carbonyl (C=O) groups excluding carboxylic acids is 1. The quantitative estimate of drug-likeness (QED) is 0.588. The second-order valence-corrected chi connectivity index (χ2v) is 4.43. The van der Waals surface area contributed by atoms with Crippen molar-refractivity contribution in [3.63, 3.8) is 0 Å². The van der Waals surface area contributed by atoms with E-state index >= 15 is 0 Å². The Labute approximate surface area is 84.3 Å². The molecule has 1 atom stereocenters. The van der Waals surface area contributed by atoms with E-state index in [2.05, 4.69) is 5.32 Å². The highest BCUT2D eigenvalue weighted by Gasteiger charge is 2.23. The van der Waals surface area contributed by atoms with Gasteiger partial charge in [0.15, 0.2) is 0 Å². The lowest BCUT2D eigenvalue weighted by Crippen LogP contribution is -2.43. The van der Waals surface area contributed by atoms with E-state index in [1.807, 2.05) is 0 Å². The van der Waals surface area contributed by atoms with Crippen molar-refractivity contribution >= 4 is 5.91 Å². The van der Waals surface area contributed by atoms with Crippen molar-refractivity contribution < 1.29 is 15.0 Å². The first kappa shape index (κ1) is 11.5. The summed E-state index contributed by atoms with van der Waals surface area (Å²) in [5.41, 5.74) is -1.20. The number of nitrogens with one attached hydrogen (secondary N) is 1. The third-order valence-corrected chi connectivity index (χ3v) is 2.71. The molecular weight excluding hydrogens is 182 g/mol. The van der Waals surface area contributed by atoms with E-state index in [1.54, 1.807) is 0 Å². The van der Waals surface area contributed by atoms with Crippen LogP contribution in [0.5, 0.6) is 0 Å². The average molecular weight is 201 g/mol. The molecule has 4 heteroatoms. The highest BCUT2D eigenvalue weighted by Crippen LogP contribution is 2.29. The van der Waals surface area contributed by atoms with Gasteiger partial charge in [0.05, 0.1) is 6.61 Å². The Hall–Kier alpha value is -0.610. The Balaban J connectivity index is 2.13. The molecule has 1 unspecified atom stereocenters. The zero-order chi connectivity index (χ0) is 10.6. The molecule has 4 nitrogen and oxygen atoms in total. The van der Waals surface area contributed by atoms with Gasteiger partial charge in [-0.1, -0.05) is 6.42 Å². The smallest absolute Gasteiger partial charge is 0.220 e. The van der Waals surface area contributed by atoms with Crippen LogP contribution in [0.1, 0.15) is 32.6 Å². The van der Waals surface area contributed by atoms with E-state index in [0.29, 0.717) is 12.3 Å². The normalized spacial score (nSPS) is 21.1. The van der Waals surface area contributed by atoms with E-state index in [4.69, 9.17) is 5.11 Å². The topological polar surface area (TPSA) is 69.6 Å². The molecule has 1 amide bonds. The molecule has 0 aromatic carbocycles. The fourth-order valence-corrected chi connectivity index (χ4v) is 1.38. The SMILES string of the molecule is CC(O)(CO)CNC(=O)CC1CCC1. The molecule has 1 aliphatic carbocycles. The Kier molecular flexibility index (Phi) is 3.89. The number of rotatable bonds is 5. The van der Waals surface area contributed by atoms with Gasteiger partial charge in [0, 0.05) is 13.0 Å². The maximum absolute atomic E-state index is 11.3. The van der Waals surface area contributed by atoms with E-state index in [0.717, 1.165) is 12.8 Å². The molecular formula is C10H19NO3. The molecule has 0 aliphatic heterocycles. The Morgan fingerprint density at radius 3 is 2.64 bits per heavy atom. The summed E-state index contributed by atoms with van der Waals surface area (Å²) >= 11 is 0. The Morgan fingerprint density at radius 1 is 1.57 bits per heavy atom. The Bertz CT molecular complexity index is 200. The van der Waals surface area contributed by atoms with Gasteiger partial charge in [-0.05, 0) is 25.7 Å². The lowest BCUT2D eigenvalue weighted by atomic mass is 9.83. The number of carbonyl (C=O) groups is 1. The maximum Gasteiger partial charge on any atom is 0.220 e. The number of hydrogen-bond acceptors (Lipinski definition) is 3. The highest BCUT2D eigenvalue weighted by molar-refractivity contribution is 5.76. The summed E-state index contributed by atoms with van der Waals surface area (Å²) in [5, 5.41) is 20.8. The van der Waals surface area contributed by atoms with Crippen LogP contribution in [0.3, 0.4) is 0 Å². The molecule has 0 heterocycles. The lowest BCUT2D eigenvalue weighted by Gasteiger charge is -2.26. The molecule has 0 radical (unpaired) electrons. The minimum absolute atomic E-state index is 0.0246. The van der Waals surface area contributed by atoms with Gasteiger partial charge in [0.1, 0.15) is 5.60 Å². The Morgan fingerprint density at radius 2 is 2.21 bits per heavy atom. The summed E-state index contributed by atoms with van der Waals surface area (Å²) in [4.78, 5) is 11.3. The minimum Gasteiger partial charge on any atom is -0.393 e. The van der Waals surface area contributed by atoms with Gasteiger partial charge < -0.3 is 15.5 Å². The first-order chi connectivity index (χ1) is 6.53. The zero-order valence-electron chi connectivity index (χ0n) is 8.62. The predicted molar refractivity (Wildman–Crippen MR) is 52.7 cm³/mol. The van der Waals surface area contributed by atoms with Crippen LogP contribution in [0.4, 0.5) is 0 Å². The van der Waals surface area contributed by atoms with Gasteiger partial charge in [-0.2, -0.15) is 0 Å². The van der Waals surface area contributed by atoms with Gasteiger partial charge in [0.2, 0.25) is 5.91 Å². The number of aliphatic hydroxyl groups excluding tert-OH is 1. The van der Waals surface area contributed by atoms with Crippen molar-refractivity contribution in [2.45, 2.75) is 38.2 Å². The molecule has 1 fully saturated rings. The maximum atomic E-state index is 11.3. The third-order valence-electron chi connectivity index (χ3n) is 2.71. The molecule has 0 bridgehead atoms. The first-order valence-corrected chi connectivity index (χ1v) is 5.13. The van der Waals surface area contributed by atoms with Crippen LogP contribution in [0.25, 0.3) is 0 Å². The molecule has 0 aromatic heterocycles. The third kappa shape index (κ3) is 3.64. The van der Waals surface area contributed by atoms with Crippen LogP contribution >= 0.6 is 0 Å². The van der Waals surface area contributed by atoms with Gasteiger partial charge >= 0.3 is 0 Å². The summed E-state index contributed by atoms with van der Waals surface area (Å²) in [6.07, 6.45) is 4.07. The molecule has 0 aromatic rings. The number of amides is 1. The van der Waals surface area contributed by atoms with Crippen molar-refractivity contribution in [3.05, 3.63) is 0 Å². The molecule has 1 saturated carbocycles. The summed E-state index contributed by atoms with van der Waals surface area (Å²) in [7, 11) is 0. The number of aliphatic hydroxyl groups is 2. The van der Waals surface area contributed by atoms with Gasteiger partial charge in [-0.25, -0.2) is 0 Å². The van der Waals surface area contributed by atoms with Crippen LogP contribution in [0.15, 0.2) is 0 Å². The zero-order valence-corrected chi connectivity index (χ0v) is 8.62. The van der Waals surface area contributed by atoms with E-state index in [9.17, 15) is 9.90 Å². The molecule has 1 aliphatic rings. The van der Waals surface area contributed by atoms with Crippen molar-refractivity contribution in [2.24, 2.45) is 5.92 Å². The van der Waals surface area contributed by atoms with E-state index in [1.165, 1.54) is 13.3 Å². The second-order valence-electron chi connectivity index (χ2n) is 4.43. The van der Waals surface area contributed by atoms with Crippen LogP contribution in [-0.4, -0.2) is 34.9 Å². The fraction of sp³-hybridized carbons (Fsp3) is 0.900. The van der Waals surface area contributed by atoms with Crippen molar-refractivity contribution in [1.29, 1.82) is 0 Å². The number of hydrogen-bond donors (Lipinski definition) is 3. The highest BCUT2D eigenvalue weighted by atomic mass is 16.3. The molecule has 82 valence electrons. The lowest BCUT2D eigenvalue weighted by molar-refractivity contribution is -0.124. The molecule has 0 spiro atoms. The van der Waals surface area contributed by atoms with E-state index < -0.39 is 5.60 Å². The minimum atomic E-state index is -1.20. The summed E-state index contributed by atoms with van der Waals surface area (Å²) in [6, 6.07) is 0. The molecule has 14 heavy (non-hydrogen) atoms. The van der Waals surface area contributed by atoms with E-state index in [-0.39, 0.29) is 19.1 Å². The van der Waals surface area contributed by atoms with Crippen LogP contribution in [0.2, 0.25) is 0 Å². The average Bonchev–Trinajstić information content (AvgIpc) is 2.08. The summed E-state index contributed by atoms with van der Waals surface area (Å²) < 4.78 is 0.